The minimum absolute atomic E-state index is 0.0389. The predicted molar refractivity (Wildman–Crippen MR) is 72.0 cm³/mol. The Labute approximate surface area is 114 Å². The second-order valence-corrected chi connectivity index (χ2v) is 6.04. The highest BCUT2D eigenvalue weighted by Gasteiger charge is 2.37. The number of nitrogens with zero attached hydrogens (tertiary/aromatic N) is 1. The van der Waals surface area contributed by atoms with Crippen molar-refractivity contribution in [1.29, 1.82) is 0 Å². The molecular formula is C14H24N2O3. The molecule has 0 saturated heterocycles. The van der Waals surface area contributed by atoms with Crippen molar-refractivity contribution in [3.05, 3.63) is 0 Å². The third kappa shape index (κ3) is 3.39. The average molecular weight is 268 g/mol. The van der Waals surface area contributed by atoms with Crippen LogP contribution >= 0.6 is 0 Å². The van der Waals surface area contributed by atoms with Crippen molar-refractivity contribution in [2.75, 3.05) is 7.05 Å². The van der Waals surface area contributed by atoms with Crippen LogP contribution in [0.5, 0.6) is 0 Å². The molecule has 2 saturated carbocycles. The Morgan fingerprint density at radius 1 is 1.21 bits per heavy atom. The Bertz CT molecular complexity index is 347. The number of hydrogen-bond donors (Lipinski definition) is 2. The van der Waals surface area contributed by atoms with E-state index < -0.39 is 11.5 Å². The fourth-order valence-corrected chi connectivity index (χ4v) is 3.12. The van der Waals surface area contributed by atoms with Gasteiger partial charge in [-0.15, -0.1) is 0 Å². The van der Waals surface area contributed by atoms with Crippen LogP contribution in [0, 0.1) is 0 Å². The van der Waals surface area contributed by atoms with Crippen molar-refractivity contribution in [2.24, 2.45) is 0 Å². The first-order valence-electron chi connectivity index (χ1n) is 7.29. The predicted octanol–water partition coefficient (Wildman–Crippen LogP) is 2.36. The monoisotopic (exact) mass is 268 g/mol. The van der Waals surface area contributed by atoms with Crippen LogP contribution in [0.1, 0.15) is 57.8 Å². The largest absolute Gasteiger partial charge is 0.481 e. The van der Waals surface area contributed by atoms with Gasteiger partial charge in [0, 0.05) is 13.1 Å². The number of hydrogen-bond acceptors (Lipinski definition) is 2. The summed E-state index contributed by atoms with van der Waals surface area (Å²) in [5.74, 6) is -0.825. The van der Waals surface area contributed by atoms with Gasteiger partial charge in [-0.1, -0.05) is 19.3 Å². The minimum Gasteiger partial charge on any atom is -0.481 e. The van der Waals surface area contributed by atoms with Crippen LogP contribution in [-0.2, 0) is 4.79 Å². The quantitative estimate of drug-likeness (QED) is 0.822. The summed E-state index contributed by atoms with van der Waals surface area (Å²) in [6.07, 6.45) is 8.05. The molecule has 0 atom stereocenters. The van der Waals surface area contributed by atoms with Gasteiger partial charge in [0.15, 0.2) is 0 Å². The van der Waals surface area contributed by atoms with Crippen LogP contribution < -0.4 is 5.32 Å². The Morgan fingerprint density at radius 2 is 1.84 bits per heavy atom. The fraction of sp³-hybridized carbons (Fsp3) is 0.857. The molecule has 0 aromatic rings. The van der Waals surface area contributed by atoms with E-state index in [0.29, 0.717) is 6.04 Å². The second kappa shape index (κ2) is 5.80. The second-order valence-electron chi connectivity index (χ2n) is 6.04. The van der Waals surface area contributed by atoms with E-state index in [1.54, 1.807) is 4.90 Å². The van der Waals surface area contributed by atoms with E-state index in [2.05, 4.69) is 5.32 Å². The molecule has 0 bridgehead atoms. The molecule has 19 heavy (non-hydrogen) atoms. The molecule has 2 amide bonds. The van der Waals surface area contributed by atoms with Crippen LogP contribution in [-0.4, -0.2) is 40.6 Å². The molecule has 0 radical (unpaired) electrons. The van der Waals surface area contributed by atoms with Crippen molar-refractivity contribution < 1.29 is 14.7 Å². The van der Waals surface area contributed by atoms with Gasteiger partial charge in [-0.2, -0.15) is 0 Å². The number of carbonyl (C=O) groups is 2. The average Bonchev–Trinajstić information content (AvgIpc) is 2.26. The number of nitrogens with one attached hydrogen (secondary N) is 1. The summed E-state index contributed by atoms with van der Waals surface area (Å²) in [6.45, 7) is 0. The van der Waals surface area contributed by atoms with Gasteiger partial charge in [-0.25, -0.2) is 4.79 Å². The lowest BCUT2D eigenvalue weighted by atomic mass is 9.79. The van der Waals surface area contributed by atoms with Gasteiger partial charge in [-0.05, 0) is 32.1 Å². The third-order valence-corrected chi connectivity index (χ3v) is 4.62. The van der Waals surface area contributed by atoms with Gasteiger partial charge in [0.2, 0.25) is 0 Å². The smallest absolute Gasteiger partial charge is 0.317 e. The molecule has 0 spiro atoms. The van der Waals surface area contributed by atoms with Crippen molar-refractivity contribution in [3.8, 4) is 0 Å². The number of aliphatic carboxylic acids is 1. The Hall–Kier alpha value is -1.26. The van der Waals surface area contributed by atoms with Gasteiger partial charge in [-0.3, -0.25) is 4.79 Å². The number of urea groups is 1. The molecule has 0 aromatic carbocycles. The van der Waals surface area contributed by atoms with E-state index in [-0.39, 0.29) is 12.5 Å². The summed E-state index contributed by atoms with van der Waals surface area (Å²) in [5, 5.41) is 12.1. The van der Waals surface area contributed by atoms with Crippen LogP contribution in [0.25, 0.3) is 0 Å². The maximum Gasteiger partial charge on any atom is 0.317 e. The van der Waals surface area contributed by atoms with Crippen molar-refractivity contribution in [3.63, 3.8) is 0 Å². The summed E-state index contributed by atoms with van der Waals surface area (Å²) in [6, 6.07) is 0.235. The van der Waals surface area contributed by atoms with E-state index in [9.17, 15) is 9.59 Å². The zero-order valence-electron chi connectivity index (χ0n) is 11.7. The van der Waals surface area contributed by atoms with E-state index in [4.69, 9.17) is 5.11 Å². The van der Waals surface area contributed by atoms with Gasteiger partial charge in [0.25, 0.3) is 0 Å². The summed E-state index contributed by atoms with van der Waals surface area (Å²) in [7, 11) is 1.82. The fourth-order valence-electron chi connectivity index (χ4n) is 3.12. The number of carbonyl (C=O) groups excluding carboxylic acids is 1. The molecular weight excluding hydrogens is 244 g/mol. The van der Waals surface area contributed by atoms with Crippen molar-refractivity contribution >= 4 is 12.0 Å². The van der Waals surface area contributed by atoms with E-state index in [1.807, 2.05) is 7.05 Å². The highest BCUT2D eigenvalue weighted by molar-refractivity contribution is 5.77. The van der Waals surface area contributed by atoms with Crippen LogP contribution in [0.15, 0.2) is 0 Å². The summed E-state index contributed by atoms with van der Waals surface area (Å²) in [5.41, 5.74) is -0.529. The molecule has 2 aliphatic rings. The van der Waals surface area contributed by atoms with E-state index in [1.165, 1.54) is 6.42 Å². The lowest BCUT2D eigenvalue weighted by molar-refractivity contribution is -0.139. The molecule has 2 fully saturated rings. The molecule has 0 unspecified atom stereocenters. The summed E-state index contributed by atoms with van der Waals surface area (Å²) >= 11 is 0. The molecule has 0 aromatic heterocycles. The molecule has 2 rings (SSSR count). The third-order valence-electron chi connectivity index (χ3n) is 4.62. The zero-order chi connectivity index (χ0) is 13.9. The Kier molecular flexibility index (Phi) is 4.32. The van der Waals surface area contributed by atoms with Crippen LogP contribution in [0.2, 0.25) is 0 Å². The molecule has 0 heterocycles. The summed E-state index contributed by atoms with van der Waals surface area (Å²) < 4.78 is 0. The molecule has 5 heteroatoms. The van der Waals surface area contributed by atoms with Gasteiger partial charge < -0.3 is 15.3 Å². The highest BCUT2D eigenvalue weighted by Crippen LogP contribution is 2.32. The molecule has 2 aliphatic carbocycles. The van der Waals surface area contributed by atoms with Gasteiger partial charge >= 0.3 is 12.0 Å². The van der Waals surface area contributed by atoms with Gasteiger partial charge in [0.1, 0.15) is 0 Å². The van der Waals surface area contributed by atoms with Crippen molar-refractivity contribution in [2.45, 2.75) is 69.4 Å². The number of carboxylic acid groups (broad SMARTS) is 1. The topological polar surface area (TPSA) is 69.6 Å². The number of amides is 2. The summed E-state index contributed by atoms with van der Waals surface area (Å²) in [4.78, 5) is 25.1. The highest BCUT2D eigenvalue weighted by atomic mass is 16.4. The Morgan fingerprint density at radius 3 is 2.32 bits per heavy atom. The van der Waals surface area contributed by atoms with Crippen LogP contribution in [0.3, 0.4) is 0 Å². The molecule has 5 nitrogen and oxygen atoms in total. The van der Waals surface area contributed by atoms with Crippen LogP contribution in [0.4, 0.5) is 4.79 Å². The number of rotatable bonds is 4. The van der Waals surface area contributed by atoms with E-state index in [0.717, 1.165) is 44.9 Å². The molecule has 108 valence electrons. The number of carboxylic acids is 1. The first-order valence-corrected chi connectivity index (χ1v) is 7.29. The minimum atomic E-state index is -0.825. The van der Waals surface area contributed by atoms with Gasteiger partial charge in [0.05, 0.1) is 12.0 Å². The van der Waals surface area contributed by atoms with E-state index >= 15 is 0 Å². The maximum absolute atomic E-state index is 12.3. The normalized spacial score (nSPS) is 22.4. The standard InChI is InChI=1S/C14H24N2O3/c1-16(11-6-5-7-11)13(19)15-14(10-12(17)18)8-3-2-4-9-14/h11H,2-10H2,1H3,(H,15,19)(H,17,18). The SMILES string of the molecule is CN(C(=O)NC1(CC(=O)O)CCCCC1)C1CCC1. The lowest BCUT2D eigenvalue weighted by Gasteiger charge is -2.41. The Balaban J connectivity index is 1.98. The zero-order valence-corrected chi connectivity index (χ0v) is 11.7. The first kappa shape index (κ1) is 14.2. The molecule has 0 aliphatic heterocycles. The molecule has 2 N–H and O–H groups in total. The first-order chi connectivity index (χ1) is 9.02. The van der Waals surface area contributed by atoms with Crippen molar-refractivity contribution in [1.82, 2.24) is 10.2 Å². The maximum atomic E-state index is 12.3. The lowest BCUT2D eigenvalue weighted by Crippen LogP contribution is -2.56.